The Balaban J connectivity index is 2.05. The first-order valence-electron chi connectivity index (χ1n) is 10.5. The number of benzene rings is 2. The monoisotopic (exact) mass is 458 g/mol. The molecule has 0 radical (unpaired) electrons. The van der Waals surface area contributed by atoms with Crippen molar-refractivity contribution in [3.05, 3.63) is 71.8 Å². The van der Waals surface area contributed by atoms with Crippen molar-refractivity contribution in [2.45, 2.75) is 38.5 Å². The van der Waals surface area contributed by atoms with Crippen LogP contribution in [0.15, 0.2) is 60.7 Å². The molecular weight excluding hydrogens is 428 g/mol. The van der Waals surface area contributed by atoms with Gasteiger partial charge in [0.1, 0.15) is 18.7 Å². The zero-order valence-electron chi connectivity index (χ0n) is 18.4. The van der Waals surface area contributed by atoms with E-state index >= 15 is 0 Å². The normalized spacial score (nSPS) is 12.3. The average molecular weight is 459 g/mol. The van der Waals surface area contributed by atoms with Crippen molar-refractivity contribution in [1.29, 1.82) is 0 Å². The van der Waals surface area contributed by atoms with Gasteiger partial charge in [0.15, 0.2) is 0 Å². The standard InChI is InChI=1S/C24H30N2O5S/c1-3-32-15-14-20(23(28)30-2)25-22(27)21(16-18-10-6-4-7-11-18)26-24(29)31-17-19-12-8-5-9-13-19/h4-13,20-21H,3,14-17H2,1-2H3,(H,25,27)(H,26,29)/t20-,21-/m0/s1. The molecule has 0 unspecified atom stereocenters. The highest BCUT2D eigenvalue weighted by Gasteiger charge is 2.27. The maximum Gasteiger partial charge on any atom is 0.408 e. The van der Waals surface area contributed by atoms with Gasteiger partial charge in [-0.05, 0) is 29.1 Å². The number of rotatable bonds is 12. The van der Waals surface area contributed by atoms with Gasteiger partial charge in [0.25, 0.3) is 0 Å². The zero-order valence-corrected chi connectivity index (χ0v) is 19.2. The summed E-state index contributed by atoms with van der Waals surface area (Å²) in [7, 11) is 1.29. The third-order valence-electron chi connectivity index (χ3n) is 4.66. The van der Waals surface area contributed by atoms with Crippen LogP contribution in [0, 0.1) is 0 Å². The van der Waals surface area contributed by atoms with Crippen molar-refractivity contribution < 1.29 is 23.9 Å². The minimum absolute atomic E-state index is 0.0887. The highest BCUT2D eigenvalue weighted by molar-refractivity contribution is 7.99. The SMILES string of the molecule is CCSCC[C@H](NC(=O)[C@H](Cc1ccccc1)NC(=O)OCc1ccccc1)C(=O)OC. The van der Waals surface area contributed by atoms with Crippen molar-refractivity contribution in [3.8, 4) is 0 Å². The second-order valence-corrected chi connectivity index (χ2v) is 8.41. The molecule has 0 saturated carbocycles. The smallest absolute Gasteiger partial charge is 0.408 e. The number of amides is 2. The molecule has 2 aromatic carbocycles. The van der Waals surface area contributed by atoms with Crippen LogP contribution < -0.4 is 10.6 Å². The minimum atomic E-state index is -0.911. The summed E-state index contributed by atoms with van der Waals surface area (Å²) in [5, 5.41) is 5.36. The third kappa shape index (κ3) is 9.01. The predicted molar refractivity (Wildman–Crippen MR) is 125 cm³/mol. The van der Waals surface area contributed by atoms with Crippen LogP contribution in [0.3, 0.4) is 0 Å². The molecule has 0 aromatic heterocycles. The molecule has 0 fully saturated rings. The Morgan fingerprint density at radius 1 is 0.906 bits per heavy atom. The van der Waals surface area contributed by atoms with Crippen LogP contribution in [-0.2, 0) is 32.1 Å². The molecule has 2 amide bonds. The maximum absolute atomic E-state index is 13.0. The van der Waals surface area contributed by atoms with Gasteiger partial charge in [0.2, 0.25) is 5.91 Å². The van der Waals surface area contributed by atoms with Crippen molar-refractivity contribution >= 4 is 29.7 Å². The average Bonchev–Trinajstić information content (AvgIpc) is 2.82. The zero-order chi connectivity index (χ0) is 23.2. The third-order valence-corrected chi connectivity index (χ3v) is 5.59. The molecule has 32 heavy (non-hydrogen) atoms. The van der Waals surface area contributed by atoms with E-state index in [1.54, 1.807) is 11.8 Å². The Morgan fingerprint density at radius 3 is 2.12 bits per heavy atom. The first-order chi connectivity index (χ1) is 15.5. The van der Waals surface area contributed by atoms with Gasteiger partial charge in [-0.25, -0.2) is 9.59 Å². The van der Waals surface area contributed by atoms with Gasteiger partial charge in [0, 0.05) is 6.42 Å². The van der Waals surface area contributed by atoms with E-state index in [-0.39, 0.29) is 13.0 Å². The number of carbonyl (C=O) groups is 3. The first-order valence-corrected chi connectivity index (χ1v) is 11.7. The Kier molecular flexibility index (Phi) is 11.2. The molecule has 0 aliphatic rings. The van der Waals surface area contributed by atoms with Gasteiger partial charge >= 0.3 is 12.1 Å². The number of hydrogen-bond donors (Lipinski definition) is 2. The number of nitrogens with one attached hydrogen (secondary N) is 2. The van der Waals surface area contributed by atoms with Crippen LogP contribution in [0.2, 0.25) is 0 Å². The topological polar surface area (TPSA) is 93.7 Å². The summed E-state index contributed by atoms with van der Waals surface area (Å²) < 4.78 is 10.1. The molecule has 8 heteroatoms. The molecule has 2 N–H and O–H groups in total. The van der Waals surface area contributed by atoms with Crippen LogP contribution >= 0.6 is 11.8 Å². The van der Waals surface area contributed by atoms with Gasteiger partial charge < -0.3 is 20.1 Å². The van der Waals surface area contributed by atoms with E-state index in [4.69, 9.17) is 9.47 Å². The fourth-order valence-electron chi connectivity index (χ4n) is 2.98. The maximum atomic E-state index is 13.0. The van der Waals surface area contributed by atoms with Crippen LogP contribution in [0.25, 0.3) is 0 Å². The molecule has 7 nitrogen and oxygen atoms in total. The predicted octanol–water partition coefficient (Wildman–Crippen LogP) is 3.33. The fourth-order valence-corrected chi connectivity index (χ4v) is 3.67. The van der Waals surface area contributed by atoms with E-state index in [1.807, 2.05) is 67.6 Å². The highest BCUT2D eigenvalue weighted by atomic mass is 32.2. The lowest BCUT2D eigenvalue weighted by Crippen LogP contribution is -2.53. The molecular formula is C24H30N2O5S. The van der Waals surface area contributed by atoms with Crippen LogP contribution in [0.4, 0.5) is 4.79 Å². The fraction of sp³-hybridized carbons (Fsp3) is 0.375. The number of esters is 1. The summed E-state index contributed by atoms with van der Waals surface area (Å²) in [6.07, 6.45) is -0.0147. The molecule has 0 saturated heterocycles. The second-order valence-electron chi connectivity index (χ2n) is 7.02. The molecule has 2 rings (SSSR count). The van der Waals surface area contributed by atoms with E-state index in [9.17, 15) is 14.4 Å². The Hall–Kier alpha value is -3.00. The van der Waals surface area contributed by atoms with Crippen molar-refractivity contribution in [2.24, 2.45) is 0 Å². The highest BCUT2D eigenvalue weighted by Crippen LogP contribution is 2.09. The van der Waals surface area contributed by atoms with Crippen molar-refractivity contribution in [2.75, 3.05) is 18.6 Å². The first kappa shape index (κ1) is 25.3. The molecule has 172 valence electrons. The van der Waals surface area contributed by atoms with E-state index < -0.39 is 30.1 Å². The molecule has 0 bridgehead atoms. The van der Waals surface area contributed by atoms with Crippen molar-refractivity contribution in [1.82, 2.24) is 10.6 Å². The summed E-state index contributed by atoms with van der Waals surface area (Å²) in [6.45, 7) is 2.11. The van der Waals surface area contributed by atoms with Crippen LogP contribution in [-0.4, -0.2) is 48.7 Å². The number of ether oxygens (including phenoxy) is 2. The lowest BCUT2D eigenvalue weighted by atomic mass is 10.0. The largest absolute Gasteiger partial charge is 0.467 e. The molecule has 0 aliphatic carbocycles. The summed E-state index contributed by atoms with van der Waals surface area (Å²) in [4.78, 5) is 37.6. The van der Waals surface area contributed by atoms with E-state index in [2.05, 4.69) is 10.6 Å². The van der Waals surface area contributed by atoms with Crippen LogP contribution in [0.1, 0.15) is 24.5 Å². The summed E-state index contributed by atoms with van der Waals surface area (Å²) >= 11 is 1.67. The van der Waals surface area contributed by atoms with Gasteiger partial charge in [-0.2, -0.15) is 11.8 Å². The quantitative estimate of drug-likeness (QED) is 0.374. The van der Waals surface area contributed by atoms with E-state index in [0.717, 1.165) is 16.9 Å². The van der Waals surface area contributed by atoms with Gasteiger partial charge in [-0.3, -0.25) is 4.79 Å². The Bertz CT molecular complexity index is 848. The lowest BCUT2D eigenvalue weighted by molar-refractivity contribution is -0.145. The van der Waals surface area contributed by atoms with E-state index in [1.165, 1.54) is 7.11 Å². The number of hydrogen-bond acceptors (Lipinski definition) is 6. The minimum Gasteiger partial charge on any atom is -0.467 e. The Morgan fingerprint density at radius 2 is 1.53 bits per heavy atom. The molecule has 0 heterocycles. The number of thioether (sulfide) groups is 1. The summed E-state index contributed by atoms with van der Waals surface area (Å²) in [5.41, 5.74) is 1.71. The Labute approximate surface area is 193 Å². The molecule has 0 spiro atoms. The van der Waals surface area contributed by atoms with Gasteiger partial charge in [-0.1, -0.05) is 67.6 Å². The van der Waals surface area contributed by atoms with E-state index in [0.29, 0.717) is 12.2 Å². The van der Waals surface area contributed by atoms with Crippen LogP contribution in [0.5, 0.6) is 0 Å². The summed E-state index contributed by atoms with van der Waals surface area (Å²) in [6, 6.07) is 16.9. The second kappa shape index (κ2) is 14.1. The van der Waals surface area contributed by atoms with Gasteiger partial charge in [0.05, 0.1) is 7.11 Å². The van der Waals surface area contributed by atoms with Gasteiger partial charge in [-0.15, -0.1) is 0 Å². The summed E-state index contributed by atoms with van der Waals surface area (Å²) in [5.74, 6) is 0.627. The number of methoxy groups -OCH3 is 1. The molecule has 0 aliphatic heterocycles. The number of alkyl carbamates (subject to hydrolysis) is 1. The lowest BCUT2D eigenvalue weighted by Gasteiger charge is -2.22. The number of carbonyl (C=O) groups excluding carboxylic acids is 3. The van der Waals surface area contributed by atoms with Crippen molar-refractivity contribution in [3.63, 3.8) is 0 Å². The molecule has 2 atom stereocenters. The molecule has 2 aromatic rings.